The van der Waals surface area contributed by atoms with Gasteiger partial charge in [0.2, 0.25) is 0 Å². The molecule has 0 aromatic heterocycles. The molecule has 0 heterocycles. The minimum Gasteiger partial charge on any atom is -0.495 e. The van der Waals surface area contributed by atoms with E-state index >= 15 is 0 Å². The van der Waals surface area contributed by atoms with E-state index in [2.05, 4.69) is 10.6 Å². The number of ether oxygens (including phenoxy) is 1. The summed E-state index contributed by atoms with van der Waals surface area (Å²) in [7, 11) is 1.46. The molecular weight excluding hydrogens is 398 g/mol. The van der Waals surface area contributed by atoms with Gasteiger partial charge >= 0.3 is 0 Å². The number of nitrogens with one attached hydrogen (secondary N) is 2. The Morgan fingerprint density at radius 2 is 1.58 bits per heavy atom. The average molecular weight is 417 g/mol. The fourth-order valence-electron chi connectivity index (χ4n) is 2.81. The van der Waals surface area contributed by atoms with Crippen molar-refractivity contribution in [2.45, 2.75) is 0 Å². The fourth-order valence-corrected chi connectivity index (χ4v) is 2.81. The molecule has 0 saturated heterocycles. The van der Waals surface area contributed by atoms with Crippen molar-refractivity contribution in [3.63, 3.8) is 0 Å². The normalized spacial score (nSPS) is 10.8. The number of carbonyl (C=O) groups is 2. The summed E-state index contributed by atoms with van der Waals surface area (Å²) in [6.45, 7) is 0. The van der Waals surface area contributed by atoms with Crippen LogP contribution in [0, 0.1) is 10.1 Å². The van der Waals surface area contributed by atoms with Crippen LogP contribution in [0.5, 0.6) is 5.75 Å². The molecule has 3 rings (SSSR count). The first-order valence-electron chi connectivity index (χ1n) is 9.25. The van der Waals surface area contributed by atoms with Crippen LogP contribution in [0.25, 0.3) is 6.08 Å². The lowest BCUT2D eigenvalue weighted by Gasteiger charge is -2.13. The lowest BCUT2D eigenvalue weighted by atomic mass is 10.1. The van der Waals surface area contributed by atoms with Crippen molar-refractivity contribution in [2.24, 2.45) is 0 Å². The second-order valence-corrected chi connectivity index (χ2v) is 6.35. The van der Waals surface area contributed by atoms with Crippen molar-refractivity contribution in [2.75, 3.05) is 12.4 Å². The summed E-state index contributed by atoms with van der Waals surface area (Å²) in [5.74, 6) is -0.761. The van der Waals surface area contributed by atoms with Gasteiger partial charge in [-0.05, 0) is 36.4 Å². The Kier molecular flexibility index (Phi) is 6.74. The van der Waals surface area contributed by atoms with Crippen molar-refractivity contribution >= 4 is 29.3 Å². The van der Waals surface area contributed by atoms with Gasteiger partial charge in [0.05, 0.1) is 23.3 Å². The van der Waals surface area contributed by atoms with Crippen LogP contribution < -0.4 is 15.4 Å². The van der Waals surface area contributed by atoms with Crippen LogP contribution in [0.15, 0.2) is 84.6 Å². The maximum Gasteiger partial charge on any atom is 0.276 e. The van der Waals surface area contributed by atoms with Crippen LogP contribution in [0.3, 0.4) is 0 Å². The number of nitrogens with zero attached hydrogens (tertiary/aromatic N) is 1. The van der Waals surface area contributed by atoms with Crippen molar-refractivity contribution in [3.05, 3.63) is 106 Å². The minimum absolute atomic E-state index is 0.158. The Bertz CT molecular complexity index is 1140. The van der Waals surface area contributed by atoms with E-state index in [1.165, 1.54) is 31.4 Å². The largest absolute Gasteiger partial charge is 0.495 e. The van der Waals surface area contributed by atoms with Gasteiger partial charge in [0.15, 0.2) is 0 Å². The maximum atomic E-state index is 13.0. The van der Waals surface area contributed by atoms with Gasteiger partial charge in [-0.25, -0.2) is 0 Å². The molecule has 0 aliphatic carbocycles. The minimum atomic E-state index is -0.660. The monoisotopic (exact) mass is 417 g/mol. The maximum absolute atomic E-state index is 13.0. The number of anilines is 1. The van der Waals surface area contributed by atoms with Crippen molar-refractivity contribution in [1.82, 2.24) is 5.32 Å². The molecule has 0 bridgehead atoms. The van der Waals surface area contributed by atoms with E-state index in [9.17, 15) is 19.7 Å². The summed E-state index contributed by atoms with van der Waals surface area (Å²) in [5.41, 5.74) is 0.539. The predicted octanol–water partition coefficient (Wildman–Crippen LogP) is 4.01. The van der Waals surface area contributed by atoms with Gasteiger partial charge in [0, 0.05) is 11.6 Å². The Balaban J connectivity index is 1.99. The van der Waals surface area contributed by atoms with E-state index in [1.54, 1.807) is 60.7 Å². The van der Waals surface area contributed by atoms with Crippen molar-refractivity contribution in [3.8, 4) is 5.75 Å². The Morgan fingerprint density at radius 3 is 2.29 bits per heavy atom. The van der Waals surface area contributed by atoms with Gasteiger partial charge in [-0.3, -0.25) is 19.7 Å². The first-order valence-corrected chi connectivity index (χ1v) is 9.25. The van der Waals surface area contributed by atoms with E-state index in [-0.39, 0.29) is 16.9 Å². The second-order valence-electron chi connectivity index (χ2n) is 6.35. The summed E-state index contributed by atoms with van der Waals surface area (Å²) >= 11 is 0. The number of hydrogen-bond donors (Lipinski definition) is 2. The van der Waals surface area contributed by atoms with Crippen molar-refractivity contribution < 1.29 is 19.2 Å². The topological polar surface area (TPSA) is 111 Å². The molecule has 3 aromatic carbocycles. The molecule has 0 spiro atoms. The fraction of sp³-hybridized carbons (Fsp3) is 0.0435. The molecule has 31 heavy (non-hydrogen) atoms. The highest BCUT2D eigenvalue weighted by Gasteiger charge is 2.19. The molecule has 2 N–H and O–H groups in total. The number of methoxy groups -OCH3 is 1. The molecule has 0 unspecified atom stereocenters. The number of rotatable bonds is 7. The highest BCUT2D eigenvalue weighted by molar-refractivity contribution is 6.11. The lowest BCUT2D eigenvalue weighted by Crippen LogP contribution is -2.30. The van der Waals surface area contributed by atoms with E-state index in [0.717, 1.165) is 0 Å². The number of carbonyl (C=O) groups excluding carboxylic acids is 2. The summed E-state index contributed by atoms with van der Waals surface area (Å²) in [4.78, 5) is 36.5. The number of benzene rings is 3. The zero-order chi connectivity index (χ0) is 22.2. The van der Waals surface area contributed by atoms with Gasteiger partial charge in [0.1, 0.15) is 11.4 Å². The van der Waals surface area contributed by atoms with Crippen LogP contribution in [-0.2, 0) is 4.79 Å². The molecule has 0 atom stereocenters. The smallest absolute Gasteiger partial charge is 0.276 e. The third kappa shape index (κ3) is 5.33. The van der Waals surface area contributed by atoms with Crippen LogP contribution in [-0.4, -0.2) is 23.8 Å². The first kappa shape index (κ1) is 21.3. The summed E-state index contributed by atoms with van der Waals surface area (Å²) in [6.07, 6.45) is 1.27. The number of amides is 2. The highest BCUT2D eigenvalue weighted by Crippen LogP contribution is 2.25. The Hall–Kier alpha value is -4.46. The number of nitro benzene ring substituents is 1. The van der Waals surface area contributed by atoms with E-state index < -0.39 is 16.7 Å². The predicted molar refractivity (Wildman–Crippen MR) is 117 cm³/mol. The Morgan fingerprint density at radius 1 is 0.935 bits per heavy atom. The van der Waals surface area contributed by atoms with E-state index in [4.69, 9.17) is 4.74 Å². The molecule has 2 amide bonds. The summed E-state index contributed by atoms with van der Waals surface area (Å²) in [5, 5.41) is 16.6. The summed E-state index contributed by atoms with van der Waals surface area (Å²) in [6, 6.07) is 21.0. The second kappa shape index (κ2) is 9.84. The number of nitro groups is 1. The highest BCUT2D eigenvalue weighted by atomic mass is 16.6. The number of para-hydroxylation sites is 3. The molecule has 8 heteroatoms. The van der Waals surface area contributed by atoms with Crippen molar-refractivity contribution in [1.29, 1.82) is 0 Å². The molecule has 0 fully saturated rings. The van der Waals surface area contributed by atoms with Crippen LogP contribution in [0.4, 0.5) is 11.4 Å². The molecule has 8 nitrogen and oxygen atoms in total. The molecule has 0 aliphatic rings. The van der Waals surface area contributed by atoms with Gasteiger partial charge in [-0.1, -0.05) is 42.5 Å². The lowest BCUT2D eigenvalue weighted by molar-refractivity contribution is -0.385. The standard InChI is InChI=1S/C23H19N3O5/c1-31-21-14-8-6-12-18(21)24-23(28)19(25-22(27)16-9-3-2-4-10-16)15-17-11-5-7-13-20(17)26(29)30/h2-15H,1H3,(H,24,28)(H,25,27)/b19-15-. The molecule has 156 valence electrons. The SMILES string of the molecule is COc1ccccc1NC(=O)/C(=C/c1ccccc1[N+](=O)[O-])NC(=O)c1ccccc1. The third-order valence-corrected chi connectivity index (χ3v) is 4.32. The third-order valence-electron chi connectivity index (χ3n) is 4.32. The van der Waals surface area contributed by atoms with Crippen LogP contribution >= 0.6 is 0 Å². The summed E-state index contributed by atoms with van der Waals surface area (Å²) < 4.78 is 5.23. The van der Waals surface area contributed by atoms with Crippen LogP contribution in [0.1, 0.15) is 15.9 Å². The first-order chi connectivity index (χ1) is 15.0. The molecule has 0 aliphatic heterocycles. The van der Waals surface area contributed by atoms with E-state index in [0.29, 0.717) is 17.0 Å². The zero-order valence-corrected chi connectivity index (χ0v) is 16.6. The van der Waals surface area contributed by atoms with Gasteiger partial charge in [-0.15, -0.1) is 0 Å². The van der Waals surface area contributed by atoms with E-state index in [1.807, 2.05) is 0 Å². The zero-order valence-electron chi connectivity index (χ0n) is 16.6. The van der Waals surface area contributed by atoms with Gasteiger partial charge < -0.3 is 15.4 Å². The van der Waals surface area contributed by atoms with Gasteiger partial charge in [-0.2, -0.15) is 0 Å². The molecular formula is C23H19N3O5. The molecule has 0 saturated carbocycles. The number of hydrogen-bond acceptors (Lipinski definition) is 5. The molecule has 0 radical (unpaired) electrons. The molecule has 3 aromatic rings. The quantitative estimate of drug-likeness (QED) is 0.343. The van der Waals surface area contributed by atoms with Gasteiger partial charge in [0.25, 0.3) is 17.5 Å². The Labute approximate surface area is 178 Å². The average Bonchev–Trinajstić information content (AvgIpc) is 2.79. The van der Waals surface area contributed by atoms with Crippen LogP contribution in [0.2, 0.25) is 0 Å².